The van der Waals surface area contributed by atoms with Crippen LogP contribution in [0.3, 0.4) is 0 Å². The second-order valence-corrected chi connectivity index (χ2v) is 10.5. The minimum Gasteiger partial charge on any atom is -0.352 e. The fourth-order valence-corrected chi connectivity index (χ4v) is 4.82. The van der Waals surface area contributed by atoms with E-state index in [1.807, 2.05) is 0 Å². The summed E-state index contributed by atoms with van der Waals surface area (Å²) in [6.07, 6.45) is 6.70. The van der Waals surface area contributed by atoms with E-state index in [1.165, 1.54) is 17.1 Å². The molecular formula is C28H37ClN6O6. The van der Waals surface area contributed by atoms with E-state index in [9.17, 15) is 28.8 Å². The Morgan fingerprint density at radius 3 is 2.24 bits per heavy atom. The number of hydrogen-bond acceptors (Lipinski definition) is 6. The molecular weight excluding hydrogens is 552 g/mol. The number of hydrogen-bond donors (Lipinski definition) is 5. The smallest absolute Gasteiger partial charge is 0.312 e. The van der Waals surface area contributed by atoms with Crippen LogP contribution in [0.4, 0.5) is 10.5 Å². The summed E-state index contributed by atoms with van der Waals surface area (Å²) < 4.78 is 0. The van der Waals surface area contributed by atoms with E-state index in [1.54, 1.807) is 24.3 Å². The van der Waals surface area contributed by atoms with Gasteiger partial charge < -0.3 is 27.0 Å². The highest BCUT2D eigenvalue weighted by molar-refractivity contribution is 6.17. The maximum atomic E-state index is 13.4. The molecule has 1 aliphatic carbocycles. The molecule has 222 valence electrons. The summed E-state index contributed by atoms with van der Waals surface area (Å²) in [4.78, 5) is 74.6. The van der Waals surface area contributed by atoms with E-state index in [0.29, 0.717) is 56.6 Å². The van der Waals surface area contributed by atoms with Gasteiger partial charge in [-0.1, -0.05) is 18.6 Å². The first kappa shape index (κ1) is 31.6. The van der Waals surface area contributed by atoms with Gasteiger partial charge in [-0.15, -0.1) is 11.6 Å². The number of unbranched alkanes of at least 4 members (excludes halogenated alkanes) is 2. The number of carbonyl (C=O) groups excluding carboxylic acids is 6. The minimum atomic E-state index is -1.09. The molecule has 0 spiro atoms. The molecule has 0 saturated heterocycles. The van der Waals surface area contributed by atoms with Gasteiger partial charge in [0.1, 0.15) is 11.6 Å². The number of primary amides is 1. The molecule has 1 aliphatic heterocycles. The van der Waals surface area contributed by atoms with Gasteiger partial charge in [0, 0.05) is 43.2 Å². The first-order valence-electron chi connectivity index (χ1n) is 13.8. The number of nitrogens with two attached hydrogens (primary N) is 1. The van der Waals surface area contributed by atoms with Crippen LogP contribution in [0.2, 0.25) is 0 Å². The van der Waals surface area contributed by atoms with Crippen molar-refractivity contribution in [2.24, 2.45) is 5.73 Å². The molecule has 6 N–H and O–H groups in total. The van der Waals surface area contributed by atoms with Gasteiger partial charge in [0.2, 0.25) is 17.7 Å². The summed E-state index contributed by atoms with van der Waals surface area (Å²) in [5.41, 5.74) is 5.46. The Labute approximate surface area is 243 Å². The summed E-state index contributed by atoms with van der Waals surface area (Å²) in [6, 6.07) is 5.41. The van der Waals surface area contributed by atoms with E-state index >= 15 is 0 Å². The van der Waals surface area contributed by atoms with Gasteiger partial charge >= 0.3 is 6.03 Å². The Bertz CT molecular complexity index is 1150. The molecule has 1 saturated carbocycles. The van der Waals surface area contributed by atoms with Gasteiger partial charge in [-0.25, -0.2) is 4.79 Å². The molecule has 1 aromatic carbocycles. The van der Waals surface area contributed by atoms with Crippen molar-refractivity contribution in [3.05, 3.63) is 42.0 Å². The number of imide groups is 1. The van der Waals surface area contributed by atoms with E-state index in [0.717, 1.165) is 12.0 Å². The number of benzene rings is 1. The number of rotatable bonds is 16. The SMILES string of the molecule is NC(=O)NCCC[C@H](NC(=O)C1(NC(=O)CCCCCN2C(=O)C=CC2=O)CCC1)C(=O)Nc1ccc(CCl)cc1. The van der Waals surface area contributed by atoms with Crippen LogP contribution in [0.25, 0.3) is 0 Å². The third-order valence-corrected chi connectivity index (χ3v) is 7.48. The lowest BCUT2D eigenvalue weighted by molar-refractivity contribution is -0.139. The molecule has 0 bridgehead atoms. The summed E-state index contributed by atoms with van der Waals surface area (Å²) >= 11 is 5.83. The minimum absolute atomic E-state index is 0.191. The molecule has 41 heavy (non-hydrogen) atoms. The van der Waals surface area contributed by atoms with Crippen LogP contribution < -0.4 is 27.0 Å². The van der Waals surface area contributed by atoms with Gasteiger partial charge in [0.05, 0.1) is 0 Å². The van der Waals surface area contributed by atoms with Gasteiger partial charge in [0.15, 0.2) is 0 Å². The Morgan fingerprint density at radius 2 is 1.66 bits per heavy atom. The van der Waals surface area contributed by atoms with Gasteiger partial charge in [0.25, 0.3) is 11.8 Å². The Morgan fingerprint density at radius 1 is 0.976 bits per heavy atom. The molecule has 7 amide bonds. The molecule has 0 unspecified atom stereocenters. The number of alkyl halides is 1. The number of urea groups is 1. The summed E-state index contributed by atoms with van der Waals surface area (Å²) in [5, 5.41) is 10.9. The zero-order valence-corrected chi connectivity index (χ0v) is 23.6. The highest BCUT2D eigenvalue weighted by Crippen LogP contribution is 2.32. The lowest BCUT2D eigenvalue weighted by Crippen LogP contribution is -2.65. The number of carbonyl (C=O) groups is 6. The monoisotopic (exact) mass is 588 g/mol. The zero-order valence-electron chi connectivity index (χ0n) is 22.9. The molecule has 3 rings (SSSR count). The topological polar surface area (TPSA) is 180 Å². The highest BCUT2D eigenvalue weighted by atomic mass is 35.5. The average molecular weight is 589 g/mol. The Hall–Kier alpha value is -3.93. The van der Waals surface area contributed by atoms with Crippen LogP contribution in [-0.4, -0.2) is 65.1 Å². The lowest BCUT2D eigenvalue weighted by Gasteiger charge is -2.41. The average Bonchev–Trinajstić information content (AvgIpc) is 3.24. The summed E-state index contributed by atoms with van der Waals surface area (Å²) in [5.74, 6) is -1.46. The van der Waals surface area contributed by atoms with Crippen molar-refractivity contribution < 1.29 is 28.8 Å². The first-order chi connectivity index (χ1) is 19.6. The third kappa shape index (κ3) is 9.31. The fraction of sp³-hybridized carbons (Fsp3) is 0.500. The number of anilines is 1. The predicted molar refractivity (Wildman–Crippen MR) is 152 cm³/mol. The molecule has 2 aliphatic rings. The van der Waals surface area contributed by atoms with Crippen molar-refractivity contribution >= 4 is 52.9 Å². The van der Waals surface area contributed by atoms with E-state index in [2.05, 4.69) is 21.3 Å². The van der Waals surface area contributed by atoms with E-state index in [-0.39, 0.29) is 37.1 Å². The molecule has 1 fully saturated rings. The van der Waals surface area contributed by atoms with Crippen molar-refractivity contribution in [1.29, 1.82) is 0 Å². The van der Waals surface area contributed by atoms with Crippen LogP contribution >= 0.6 is 11.6 Å². The number of amides is 7. The lowest BCUT2D eigenvalue weighted by atomic mass is 9.75. The van der Waals surface area contributed by atoms with Crippen molar-refractivity contribution in [3.8, 4) is 0 Å². The van der Waals surface area contributed by atoms with E-state index < -0.39 is 29.4 Å². The standard InChI is InChI=1S/C28H37ClN6O6/c29-18-19-8-10-20(11-9-19)32-25(39)21(6-4-16-31-27(30)41)33-26(40)28(14-5-15-28)34-22(36)7-2-1-3-17-35-23(37)12-13-24(35)38/h8-13,21H,1-7,14-18H2,(H,32,39)(H,33,40)(H,34,36)(H3,30,31,41)/t21-/m0/s1. The number of halogens is 1. The van der Waals surface area contributed by atoms with Crippen LogP contribution in [0.15, 0.2) is 36.4 Å². The molecule has 12 nitrogen and oxygen atoms in total. The summed E-state index contributed by atoms with van der Waals surface area (Å²) in [7, 11) is 0. The van der Waals surface area contributed by atoms with Crippen molar-refractivity contribution in [2.45, 2.75) is 75.2 Å². The largest absolute Gasteiger partial charge is 0.352 e. The number of nitrogens with one attached hydrogen (secondary N) is 4. The summed E-state index contributed by atoms with van der Waals surface area (Å²) in [6.45, 7) is 0.534. The van der Waals surface area contributed by atoms with Crippen molar-refractivity contribution in [2.75, 3.05) is 18.4 Å². The third-order valence-electron chi connectivity index (χ3n) is 7.17. The molecule has 1 atom stereocenters. The van der Waals surface area contributed by atoms with Crippen LogP contribution in [-0.2, 0) is 29.9 Å². The van der Waals surface area contributed by atoms with Gasteiger partial charge in [-0.05, 0) is 62.6 Å². The zero-order chi connectivity index (χ0) is 29.8. The van der Waals surface area contributed by atoms with Crippen LogP contribution in [0, 0.1) is 0 Å². The van der Waals surface area contributed by atoms with Crippen LogP contribution in [0.1, 0.15) is 63.4 Å². The number of nitrogens with zero attached hydrogens (tertiary/aromatic N) is 1. The maximum absolute atomic E-state index is 13.4. The molecule has 13 heteroatoms. The first-order valence-corrected chi connectivity index (χ1v) is 14.3. The fourth-order valence-electron chi connectivity index (χ4n) is 4.64. The predicted octanol–water partition coefficient (Wildman–Crippen LogP) is 1.82. The Balaban J connectivity index is 1.52. The van der Waals surface area contributed by atoms with E-state index in [4.69, 9.17) is 17.3 Å². The normalized spacial score (nSPS) is 16.1. The van der Waals surface area contributed by atoms with Crippen molar-refractivity contribution in [3.63, 3.8) is 0 Å². The van der Waals surface area contributed by atoms with Crippen LogP contribution in [0.5, 0.6) is 0 Å². The highest BCUT2D eigenvalue weighted by Gasteiger charge is 2.46. The maximum Gasteiger partial charge on any atom is 0.312 e. The molecule has 0 radical (unpaired) electrons. The quantitative estimate of drug-likeness (QED) is 0.112. The molecule has 1 aromatic rings. The van der Waals surface area contributed by atoms with Crippen molar-refractivity contribution in [1.82, 2.24) is 20.9 Å². The molecule has 0 aromatic heterocycles. The molecule has 1 heterocycles. The second-order valence-electron chi connectivity index (χ2n) is 10.2. The Kier molecular flexibility index (Phi) is 11.7. The second kappa shape index (κ2) is 15.2. The van der Waals surface area contributed by atoms with Gasteiger partial charge in [-0.3, -0.25) is 28.9 Å². The van der Waals surface area contributed by atoms with Gasteiger partial charge in [-0.2, -0.15) is 0 Å².